The Bertz CT molecular complexity index is 4340. The Labute approximate surface area is 425 Å². The van der Waals surface area contributed by atoms with E-state index in [9.17, 15) is 31.6 Å². The number of benzene rings is 10. The zero-order valence-electron chi connectivity index (χ0n) is 39.2. The van der Waals surface area contributed by atoms with Gasteiger partial charge in [-0.15, -0.1) is 0 Å². The fraction of sp³-hybridized carbons (Fsp3) is 0. The number of nitriles is 6. The molecule has 0 unspecified atom stereocenters. The molecule has 0 N–H and O–H groups in total. The van der Waals surface area contributed by atoms with Gasteiger partial charge in [0.15, 0.2) is 0 Å². The van der Waals surface area contributed by atoms with Gasteiger partial charge in [0, 0.05) is 27.1 Å². The minimum absolute atomic E-state index is 0.396. The second kappa shape index (κ2) is 17.9. The lowest BCUT2D eigenvalue weighted by Crippen LogP contribution is -2.04. The molecule has 74 heavy (non-hydrogen) atoms. The molecule has 0 aliphatic rings. The van der Waals surface area contributed by atoms with Crippen molar-refractivity contribution in [3.8, 4) is 103 Å². The van der Waals surface area contributed by atoms with E-state index in [1.54, 1.807) is 6.07 Å². The molecule has 0 fully saturated rings. The van der Waals surface area contributed by atoms with Crippen molar-refractivity contribution in [1.82, 2.24) is 9.13 Å². The molecule has 12 aromatic rings. The molecular weight excluding hydrogens is 905 g/mol. The van der Waals surface area contributed by atoms with Gasteiger partial charge in [-0.2, -0.15) is 31.6 Å². The maximum absolute atomic E-state index is 11.6. The third-order valence-electron chi connectivity index (χ3n) is 13.9. The van der Waals surface area contributed by atoms with E-state index in [2.05, 4.69) is 124 Å². The highest BCUT2D eigenvalue weighted by Gasteiger charge is 2.24. The van der Waals surface area contributed by atoms with Crippen molar-refractivity contribution < 1.29 is 0 Å². The van der Waals surface area contributed by atoms with Crippen LogP contribution in [0.2, 0.25) is 0 Å². The first-order valence-electron chi connectivity index (χ1n) is 23.6. The highest BCUT2D eigenvalue weighted by atomic mass is 15.0. The second-order valence-electron chi connectivity index (χ2n) is 18.0. The molecule has 0 saturated carbocycles. The number of hydrogen-bond donors (Lipinski definition) is 0. The summed E-state index contributed by atoms with van der Waals surface area (Å²) in [6, 6.07) is 80.8. The summed E-state index contributed by atoms with van der Waals surface area (Å²) in [4.78, 5) is 0. The predicted molar refractivity (Wildman–Crippen MR) is 291 cm³/mol. The van der Waals surface area contributed by atoms with Gasteiger partial charge in [-0.05, 0) is 147 Å². The first-order valence-corrected chi connectivity index (χ1v) is 23.6. The first-order chi connectivity index (χ1) is 36.4. The van der Waals surface area contributed by atoms with Gasteiger partial charge in [0.25, 0.3) is 0 Å². The zero-order valence-corrected chi connectivity index (χ0v) is 39.2. The monoisotopic (exact) mass is 938 g/mol. The molecule has 0 radical (unpaired) electrons. The van der Waals surface area contributed by atoms with Crippen molar-refractivity contribution in [2.45, 2.75) is 0 Å². The normalized spacial score (nSPS) is 10.9. The maximum atomic E-state index is 11.6. The quantitative estimate of drug-likeness (QED) is 0.155. The zero-order chi connectivity index (χ0) is 50.5. The molecule has 0 spiro atoms. The van der Waals surface area contributed by atoms with Crippen molar-refractivity contribution in [3.05, 3.63) is 240 Å². The van der Waals surface area contributed by atoms with E-state index in [1.807, 2.05) is 121 Å². The van der Waals surface area contributed by atoms with E-state index in [-0.39, 0.29) is 0 Å². The van der Waals surface area contributed by atoms with Gasteiger partial charge in [0.05, 0.1) is 97.2 Å². The molecule has 8 nitrogen and oxygen atoms in total. The Kier molecular flexibility index (Phi) is 10.7. The Morgan fingerprint density at radius 1 is 0.243 bits per heavy atom. The van der Waals surface area contributed by atoms with Crippen LogP contribution < -0.4 is 0 Å². The fourth-order valence-electron chi connectivity index (χ4n) is 10.2. The van der Waals surface area contributed by atoms with Crippen molar-refractivity contribution in [2.24, 2.45) is 0 Å². The lowest BCUT2D eigenvalue weighted by atomic mass is 9.97. The molecule has 0 aliphatic heterocycles. The Morgan fingerprint density at radius 3 is 0.892 bits per heavy atom. The smallest absolute Gasteiger partial charge is 0.101 e. The molecule has 10 aromatic carbocycles. The molecule has 2 heterocycles. The molecular formula is C66H34N8. The molecule has 0 atom stereocenters. The molecule has 8 heteroatoms. The summed E-state index contributed by atoms with van der Waals surface area (Å²) in [5.74, 6) is 0. The van der Waals surface area contributed by atoms with Gasteiger partial charge in [-0.25, -0.2) is 0 Å². The van der Waals surface area contributed by atoms with Gasteiger partial charge < -0.3 is 9.13 Å². The van der Waals surface area contributed by atoms with E-state index >= 15 is 0 Å². The average molecular weight is 939 g/mol. The summed E-state index contributed by atoms with van der Waals surface area (Å²) >= 11 is 0. The van der Waals surface area contributed by atoms with Crippen LogP contribution in [0.25, 0.3) is 111 Å². The van der Waals surface area contributed by atoms with Crippen LogP contribution in [0.1, 0.15) is 33.4 Å². The summed E-state index contributed by atoms with van der Waals surface area (Å²) in [5, 5.41) is 64.3. The Hall–Kier alpha value is -11.3. The second-order valence-corrected chi connectivity index (χ2v) is 18.0. The highest BCUT2D eigenvalue weighted by molar-refractivity contribution is 6.13. The van der Waals surface area contributed by atoms with Crippen molar-refractivity contribution in [2.75, 3.05) is 0 Å². The molecule has 0 amide bonds. The third kappa shape index (κ3) is 7.44. The van der Waals surface area contributed by atoms with Crippen LogP contribution in [0.5, 0.6) is 0 Å². The number of aromatic nitrogens is 2. The van der Waals surface area contributed by atoms with Crippen LogP contribution >= 0.6 is 0 Å². The average Bonchev–Trinajstić information content (AvgIpc) is 3.98. The number of rotatable bonds is 7. The van der Waals surface area contributed by atoms with Crippen molar-refractivity contribution >= 4 is 43.6 Å². The van der Waals surface area contributed by atoms with Crippen LogP contribution in [-0.2, 0) is 0 Å². The van der Waals surface area contributed by atoms with Crippen LogP contribution in [0.15, 0.2) is 206 Å². The van der Waals surface area contributed by atoms with Gasteiger partial charge in [-0.1, -0.05) is 109 Å². The van der Waals surface area contributed by atoms with E-state index < -0.39 is 0 Å². The fourth-order valence-corrected chi connectivity index (χ4v) is 10.2. The number of hydrogen-bond acceptors (Lipinski definition) is 6. The first kappa shape index (κ1) is 44.0. The standard InChI is InChI=1S/C66H34N8/c67-35-41-4-12-46(13-5-41)50-20-24-56-57-25-21-51(47-14-6-42(36-68)7-15-47)30-63(57)73(62(56)29-50)61-34-60(54-3-1-2-45(28-54)39-71)66(33-55(61)40-72)74-64-31-52(48-16-8-43(37-69)9-17-48)22-26-58(64)59-27-23-53(32-65(59)74)49-18-10-44(38-70)11-19-49/h1-34H. The van der Waals surface area contributed by atoms with Gasteiger partial charge in [0.2, 0.25) is 0 Å². The molecule has 338 valence electrons. The summed E-state index contributed by atoms with van der Waals surface area (Å²) < 4.78 is 4.37. The predicted octanol–water partition coefficient (Wildman–Crippen LogP) is 15.4. The number of fused-ring (bicyclic) bond motifs is 6. The third-order valence-corrected chi connectivity index (χ3v) is 13.9. The topological polar surface area (TPSA) is 153 Å². The van der Waals surface area contributed by atoms with Crippen LogP contribution in [0.4, 0.5) is 0 Å². The summed E-state index contributed by atoms with van der Waals surface area (Å²) in [6.45, 7) is 0. The van der Waals surface area contributed by atoms with Crippen LogP contribution in [-0.4, -0.2) is 9.13 Å². The van der Waals surface area contributed by atoms with Crippen molar-refractivity contribution in [3.63, 3.8) is 0 Å². The highest BCUT2D eigenvalue weighted by Crippen LogP contribution is 2.44. The van der Waals surface area contributed by atoms with E-state index in [0.717, 1.165) is 99.2 Å². The summed E-state index contributed by atoms with van der Waals surface area (Å²) in [5.41, 5.74) is 16.9. The van der Waals surface area contributed by atoms with Crippen LogP contribution in [0, 0.1) is 68.0 Å². The lowest BCUT2D eigenvalue weighted by molar-refractivity contribution is 1.14. The van der Waals surface area contributed by atoms with E-state index in [4.69, 9.17) is 0 Å². The number of nitrogens with zero attached hydrogens (tertiary/aromatic N) is 8. The Balaban J connectivity index is 1.18. The molecule has 0 aliphatic carbocycles. The molecule has 2 aromatic heterocycles. The Morgan fingerprint density at radius 2 is 0.568 bits per heavy atom. The van der Waals surface area contributed by atoms with Gasteiger partial charge >= 0.3 is 0 Å². The summed E-state index contributed by atoms with van der Waals surface area (Å²) in [6.07, 6.45) is 0. The summed E-state index contributed by atoms with van der Waals surface area (Å²) in [7, 11) is 0. The largest absolute Gasteiger partial charge is 0.309 e. The SMILES string of the molecule is N#Cc1ccc(-c2ccc3c4ccc(-c5ccc(C#N)cc5)cc4n(-c4cc(-c5cccc(C#N)c5)c(-n5c6cc(-c7ccc(C#N)cc7)ccc6c6ccc(-c7ccc(C#N)cc7)cc65)cc4C#N)c3c2)cc1. The molecule has 12 rings (SSSR count). The van der Waals surface area contributed by atoms with Gasteiger partial charge in [0.1, 0.15) is 6.07 Å². The molecule has 0 saturated heterocycles. The maximum Gasteiger partial charge on any atom is 0.101 e. The van der Waals surface area contributed by atoms with Gasteiger partial charge in [-0.3, -0.25) is 0 Å². The molecule has 0 bridgehead atoms. The minimum atomic E-state index is 0.396. The van der Waals surface area contributed by atoms with E-state index in [0.29, 0.717) is 44.8 Å². The van der Waals surface area contributed by atoms with Crippen molar-refractivity contribution in [1.29, 1.82) is 31.6 Å². The van der Waals surface area contributed by atoms with E-state index in [1.165, 1.54) is 0 Å². The lowest BCUT2D eigenvalue weighted by Gasteiger charge is -2.19. The minimum Gasteiger partial charge on any atom is -0.309 e. The van der Waals surface area contributed by atoms with Crippen LogP contribution in [0.3, 0.4) is 0 Å².